The lowest BCUT2D eigenvalue weighted by molar-refractivity contribution is -0.144. The maximum absolute atomic E-state index is 13.4. The van der Waals surface area contributed by atoms with Crippen molar-refractivity contribution in [2.24, 2.45) is 5.92 Å². The molecule has 2 heterocycles. The van der Waals surface area contributed by atoms with Crippen molar-refractivity contribution in [1.29, 1.82) is 0 Å². The highest BCUT2D eigenvalue weighted by atomic mass is 16.5. The summed E-state index contributed by atoms with van der Waals surface area (Å²) in [6, 6.07) is 10.2. The maximum atomic E-state index is 13.4. The minimum Gasteiger partial charge on any atom is -0.383 e. The summed E-state index contributed by atoms with van der Waals surface area (Å²) in [5.41, 5.74) is 1.24. The van der Waals surface area contributed by atoms with Gasteiger partial charge in [0.2, 0.25) is 11.8 Å². The molecule has 164 valence electrons. The van der Waals surface area contributed by atoms with Crippen molar-refractivity contribution in [3.8, 4) is 0 Å². The van der Waals surface area contributed by atoms with E-state index in [0.29, 0.717) is 19.6 Å². The summed E-state index contributed by atoms with van der Waals surface area (Å²) in [6.07, 6.45) is 2.63. The largest absolute Gasteiger partial charge is 0.383 e. The summed E-state index contributed by atoms with van der Waals surface area (Å²) < 4.78 is 5.36. The van der Waals surface area contributed by atoms with Crippen LogP contribution < -0.4 is 5.32 Å². The summed E-state index contributed by atoms with van der Waals surface area (Å²) in [5.74, 6) is 0.431. The third kappa shape index (κ3) is 5.02. The molecule has 3 fully saturated rings. The van der Waals surface area contributed by atoms with Crippen LogP contribution >= 0.6 is 0 Å². The standard InChI is InChI=1S/C23H34N4O3/c1-30-14-13-26(16-18-5-3-2-4-6-18)20-15-21(23(29)25-11-9-24-10-12-25)27(17-20)22(28)19-7-8-19/h2-6,19-21,24H,7-17H2,1H3. The van der Waals surface area contributed by atoms with Gasteiger partial charge in [-0.05, 0) is 24.8 Å². The number of rotatable bonds is 8. The zero-order valence-electron chi connectivity index (χ0n) is 18.0. The van der Waals surface area contributed by atoms with E-state index >= 15 is 0 Å². The highest BCUT2D eigenvalue weighted by Crippen LogP contribution is 2.35. The highest BCUT2D eigenvalue weighted by Gasteiger charge is 2.46. The van der Waals surface area contributed by atoms with Gasteiger partial charge in [-0.25, -0.2) is 0 Å². The Labute approximate surface area is 179 Å². The van der Waals surface area contributed by atoms with E-state index in [1.807, 2.05) is 15.9 Å². The lowest BCUT2D eigenvalue weighted by Crippen LogP contribution is -2.53. The van der Waals surface area contributed by atoms with Gasteiger partial charge in [-0.1, -0.05) is 30.3 Å². The van der Waals surface area contributed by atoms with Crippen molar-refractivity contribution in [1.82, 2.24) is 20.0 Å². The number of likely N-dealkylation sites (tertiary alicyclic amines) is 1. The zero-order valence-corrected chi connectivity index (χ0v) is 18.0. The number of methoxy groups -OCH3 is 1. The summed E-state index contributed by atoms with van der Waals surface area (Å²) in [7, 11) is 1.72. The molecule has 2 aliphatic heterocycles. The highest BCUT2D eigenvalue weighted by molar-refractivity contribution is 5.90. The van der Waals surface area contributed by atoms with Crippen LogP contribution in [0.2, 0.25) is 0 Å². The Morgan fingerprint density at radius 1 is 1.13 bits per heavy atom. The van der Waals surface area contributed by atoms with Crippen LogP contribution in [0.25, 0.3) is 0 Å². The number of hydrogen-bond donors (Lipinski definition) is 1. The van der Waals surface area contributed by atoms with Gasteiger partial charge in [0.05, 0.1) is 6.61 Å². The average Bonchev–Trinajstić information content (AvgIpc) is 3.55. The lowest BCUT2D eigenvalue weighted by atomic mass is 10.1. The van der Waals surface area contributed by atoms with E-state index in [1.54, 1.807) is 7.11 Å². The van der Waals surface area contributed by atoms with Crippen LogP contribution in [0, 0.1) is 5.92 Å². The summed E-state index contributed by atoms with van der Waals surface area (Å²) in [5, 5.41) is 3.30. The Balaban J connectivity index is 1.51. The monoisotopic (exact) mass is 414 g/mol. The van der Waals surface area contributed by atoms with Gasteiger partial charge >= 0.3 is 0 Å². The quantitative estimate of drug-likeness (QED) is 0.686. The Morgan fingerprint density at radius 3 is 2.53 bits per heavy atom. The second-order valence-corrected chi connectivity index (χ2v) is 8.69. The predicted octanol–water partition coefficient (Wildman–Crippen LogP) is 0.946. The number of piperazine rings is 1. The molecule has 2 saturated heterocycles. The minimum absolute atomic E-state index is 0.124. The van der Waals surface area contributed by atoms with Gasteiger partial charge < -0.3 is 19.9 Å². The first kappa shape index (κ1) is 21.3. The molecule has 1 aromatic rings. The van der Waals surface area contributed by atoms with Gasteiger partial charge in [-0.3, -0.25) is 14.5 Å². The molecule has 2 atom stereocenters. The first-order valence-electron chi connectivity index (χ1n) is 11.2. The van der Waals surface area contributed by atoms with Crippen molar-refractivity contribution in [2.75, 3.05) is 53.0 Å². The van der Waals surface area contributed by atoms with Crippen LogP contribution in [0.1, 0.15) is 24.8 Å². The van der Waals surface area contributed by atoms with E-state index in [0.717, 1.165) is 52.1 Å². The fourth-order valence-corrected chi connectivity index (χ4v) is 4.63. The molecule has 1 aromatic carbocycles. The van der Waals surface area contributed by atoms with Crippen LogP contribution in [-0.4, -0.2) is 91.6 Å². The van der Waals surface area contributed by atoms with Crippen molar-refractivity contribution >= 4 is 11.8 Å². The number of nitrogens with zero attached hydrogens (tertiary/aromatic N) is 3. The number of carbonyl (C=O) groups excluding carboxylic acids is 2. The molecule has 7 heteroatoms. The van der Waals surface area contributed by atoms with Crippen molar-refractivity contribution in [3.05, 3.63) is 35.9 Å². The molecule has 1 saturated carbocycles. The summed E-state index contributed by atoms with van der Waals surface area (Å²) >= 11 is 0. The minimum atomic E-state index is -0.331. The van der Waals surface area contributed by atoms with E-state index in [1.165, 1.54) is 5.56 Å². The molecular formula is C23H34N4O3. The van der Waals surface area contributed by atoms with Gasteiger partial charge in [0.15, 0.2) is 0 Å². The van der Waals surface area contributed by atoms with Crippen molar-refractivity contribution in [2.45, 2.75) is 37.9 Å². The van der Waals surface area contributed by atoms with E-state index in [9.17, 15) is 9.59 Å². The van der Waals surface area contributed by atoms with Crippen molar-refractivity contribution in [3.63, 3.8) is 0 Å². The van der Waals surface area contributed by atoms with Gasteiger partial charge in [-0.15, -0.1) is 0 Å². The van der Waals surface area contributed by atoms with E-state index in [4.69, 9.17) is 4.74 Å². The maximum Gasteiger partial charge on any atom is 0.245 e. The zero-order chi connectivity index (χ0) is 20.9. The molecule has 0 radical (unpaired) electrons. The van der Waals surface area contributed by atoms with Crippen LogP contribution in [0.15, 0.2) is 30.3 Å². The number of nitrogens with one attached hydrogen (secondary N) is 1. The molecule has 1 N–H and O–H groups in total. The van der Waals surface area contributed by atoms with E-state index < -0.39 is 0 Å². The molecule has 4 rings (SSSR count). The number of carbonyl (C=O) groups is 2. The molecule has 0 bridgehead atoms. The Morgan fingerprint density at radius 2 is 1.87 bits per heavy atom. The number of benzene rings is 1. The first-order valence-corrected chi connectivity index (χ1v) is 11.2. The van der Waals surface area contributed by atoms with Crippen LogP contribution in [0.3, 0.4) is 0 Å². The number of hydrogen-bond acceptors (Lipinski definition) is 5. The molecule has 3 aliphatic rings. The average molecular weight is 415 g/mol. The summed E-state index contributed by atoms with van der Waals surface area (Å²) in [6.45, 7) is 5.96. The summed E-state index contributed by atoms with van der Waals surface area (Å²) in [4.78, 5) is 32.6. The predicted molar refractivity (Wildman–Crippen MR) is 115 cm³/mol. The smallest absolute Gasteiger partial charge is 0.245 e. The molecule has 2 unspecified atom stereocenters. The number of amides is 2. The molecule has 0 spiro atoms. The van der Waals surface area contributed by atoms with E-state index in [-0.39, 0.29) is 29.8 Å². The fourth-order valence-electron chi connectivity index (χ4n) is 4.63. The first-order chi connectivity index (χ1) is 14.7. The Bertz CT molecular complexity index is 718. The van der Waals surface area contributed by atoms with E-state index in [2.05, 4.69) is 34.5 Å². The molecule has 30 heavy (non-hydrogen) atoms. The second kappa shape index (κ2) is 9.90. The topological polar surface area (TPSA) is 65.1 Å². The molecular weight excluding hydrogens is 380 g/mol. The molecule has 1 aliphatic carbocycles. The SMILES string of the molecule is COCCN(Cc1ccccc1)C1CC(C(=O)N2CCNCC2)N(C(=O)C2CC2)C1. The van der Waals surface area contributed by atoms with Gasteiger partial charge in [0, 0.05) is 64.9 Å². The number of ether oxygens (including phenoxy) is 1. The Kier molecular flexibility index (Phi) is 7.02. The third-order valence-corrected chi connectivity index (χ3v) is 6.53. The molecule has 2 amide bonds. The molecule has 7 nitrogen and oxygen atoms in total. The van der Waals surface area contributed by atoms with Gasteiger partial charge in [0.1, 0.15) is 6.04 Å². The van der Waals surface area contributed by atoms with Crippen LogP contribution in [-0.2, 0) is 20.9 Å². The second-order valence-electron chi connectivity index (χ2n) is 8.69. The molecule has 0 aromatic heterocycles. The Hall–Kier alpha value is -1.96. The van der Waals surface area contributed by atoms with Gasteiger partial charge in [0.25, 0.3) is 0 Å². The normalized spacial score (nSPS) is 24.5. The fraction of sp³-hybridized carbons (Fsp3) is 0.652. The third-order valence-electron chi connectivity index (χ3n) is 6.53. The van der Waals surface area contributed by atoms with Crippen LogP contribution in [0.5, 0.6) is 0 Å². The van der Waals surface area contributed by atoms with Gasteiger partial charge in [-0.2, -0.15) is 0 Å². The van der Waals surface area contributed by atoms with Crippen LogP contribution in [0.4, 0.5) is 0 Å². The lowest BCUT2D eigenvalue weighted by Gasteiger charge is -2.32. The van der Waals surface area contributed by atoms with Crippen molar-refractivity contribution < 1.29 is 14.3 Å².